The fourth-order valence-corrected chi connectivity index (χ4v) is 4.14. The van der Waals surface area contributed by atoms with Crippen LogP contribution in [0.25, 0.3) is 0 Å². The normalized spacial score (nSPS) is 20.0. The van der Waals surface area contributed by atoms with E-state index in [9.17, 15) is 0 Å². The van der Waals surface area contributed by atoms with Crippen molar-refractivity contribution in [2.24, 2.45) is 5.73 Å². The van der Waals surface area contributed by atoms with Crippen LogP contribution in [0.4, 0.5) is 0 Å². The Labute approximate surface area is 150 Å². The molecule has 24 heavy (non-hydrogen) atoms. The van der Waals surface area contributed by atoms with Crippen molar-refractivity contribution in [2.45, 2.75) is 44.1 Å². The summed E-state index contributed by atoms with van der Waals surface area (Å²) in [5.74, 6) is 0.495. The molecule has 3 N–H and O–H groups in total. The van der Waals surface area contributed by atoms with Crippen LogP contribution in [0.3, 0.4) is 0 Å². The molecule has 0 saturated carbocycles. The fraction of sp³-hybridized carbons (Fsp3) is 0.429. The number of aryl methyl sites for hydroxylation is 2. The predicted octanol–water partition coefficient (Wildman–Crippen LogP) is 4.09. The summed E-state index contributed by atoms with van der Waals surface area (Å²) in [5.41, 5.74) is 11.4. The molecule has 1 aliphatic rings. The van der Waals surface area contributed by atoms with Crippen LogP contribution in [0.15, 0.2) is 42.5 Å². The van der Waals surface area contributed by atoms with Gasteiger partial charge in [0.25, 0.3) is 0 Å². The molecule has 0 spiro atoms. The van der Waals surface area contributed by atoms with Crippen molar-refractivity contribution in [1.82, 2.24) is 5.32 Å². The van der Waals surface area contributed by atoms with Crippen molar-refractivity contribution in [3.8, 4) is 0 Å². The monoisotopic (exact) mass is 342 g/mol. The highest BCUT2D eigenvalue weighted by molar-refractivity contribution is 6.30. The Hall–Kier alpha value is -1.35. The van der Waals surface area contributed by atoms with E-state index < -0.39 is 0 Å². The third kappa shape index (κ3) is 4.00. The molecule has 0 amide bonds. The Morgan fingerprint density at radius 2 is 2.04 bits per heavy atom. The van der Waals surface area contributed by atoms with Gasteiger partial charge in [0, 0.05) is 17.0 Å². The summed E-state index contributed by atoms with van der Waals surface area (Å²) in [6.07, 6.45) is 5.49. The standard InChI is InChI=1S/C21H27ClN2/c1-24-21-10-9-17-8-7-15(5-3-11-23)13-19(17)20(21)14-16-4-2-6-18(22)12-16/h2,4,6-8,12-13,20-21,24H,3,5,9-11,14,23H2,1H3. The van der Waals surface area contributed by atoms with Crippen LogP contribution in [0.1, 0.15) is 41.0 Å². The van der Waals surface area contributed by atoms with Crippen LogP contribution >= 0.6 is 11.6 Å². The second-order valence-corrected chi connectivity index (χ2v) is 7.24. The lowest BCUT2D eigenvalue weighted by Gasteiger charge is -2.34. The minimum Gasteiger partial charge on any atom is -0.330 e. The lowest BCUT2D eigenvalue weighted by atomic mass is 9.75. The lowest BCUT2D eigenvalue weighted by molar-refractivity contribution is 0.409. The Morgan fingerprint density at radius 1 is 1.17 bits per heavy atom. The number of hydrogen-bond donors (Lipinski definition) is 2. The number of hydrogen-bond acceptors (Lipinski definition) is 2. The molecule has 0 aromatic heterocycles. The number of halogens is 1. The van der Waals surface area contributed by atoms with Crippen LogP contribution in [-0.2, 0) is 19.3 Å². The Bertz CT molecular complexity index is 683. The van der Waals surface area contributed by atoms with Gasteiger partial charge in [0.05, 0.1) is 0 Å². The van der Waals surface area contributed by atoms with Crippen molar-refractivity contribution in [1.29, 1.82) is 0 Å². The number of rotatable bonds is 6. The summed E-state index contributed by atoms with van der Waals surface area (Å²) >= 11 is 6.19. The van der Waals surface area contributed by atoms with E-state index in [0.717, 1.165) is 37.3 Å². The predicted molar refractivity (Wildman–Crippen MR) is 103 cm³/mol. The van der Waals surface area contributed by atoms with Gasteiger partial charge >= 0.3 is 0 Å². The number of benzene rings is 2. The van der Waals surface area contributed by atoms with Crippen LogP contribution in [0, 0.1) is 0 Å². The molecule has 3 rings (SSSR count). The zero-order chi connectivity index (χ0) is 16.9. The lowest BCUT2D eigenvalue weighted by Crippen LogP contribution is -2.37. The maximum absolute atomic E-state index is 6.19. The number of nitrogens with two attached hydrogens (primary N) is 1. The molecular weight excluding hydrogens is 316 g/mol. The van der Waals surface area contributed by atoms with Gasteiger partial charge in [0.1, 0.15) is 0 Å². The molecule has 0 saturated heterocycles. The topological polar surface area (TPSA) is 38.0 Å². The largest absolute Gasteiger partial charge is 0.330 e. The molecule has 2 aromatic rings. The van der Waals surface area contributed by atoms with E-state index in [1.807, 2.05) is 12.1 Å². The minimum atomic E-state index is 0.495. The van der Waals surface area contributed by atoms with Crippen LogP contribution in [0.5, 0.6) is 0 Å². The fourth-order valence-electron chi connectivity index (χ4n) is 3.92. The highest BCUT2D eigenvalue weighted by atomic mass is 35.5. The zero-order valence-corrected chi connectivity index (χ0v) is 15.2. The van der Waals surface area contributed by atoms with E-state index in [0.29, 0.717) is 12.0 Å². The maximum Gasteiger partial charge on any atom is 0.0408 e. The van der Waals surface area contributed by atoms with E-state index in [1.165, 1.54) is 28.7 Å². The molecule has 128 valence electrons. The van der Waals surface area contributed by atoms with E-state index in [2.05, 4.69) is 42.7 Å². The van der Waals surface area contributed by atoms with Gasteiger partial charge in [-0.05, 0) is 80.1 Å². The van der Waals surface area contributed by atoms with Crippen LogP contribution < -0.4 is 11.1 Å². The third-order valence-electron chi connectivity index (χ3n) is 5.21. The molecule has 0 radical (unpaired) electrons. The summed E-state index contributed by atoms with van der Waals surface area (Å²) in [6.45, 7) is 0.752. The molecule has 0 fully saturated rings. The van der Waals surface area contributed by atoms with Gasteiger partial charge in [-0.3, -0.25) is 0 Å². The van der Waals surface area contributed by atoms with Gasteiger partial charge in [-0.15, -0.1) is 0 Å². The van der Waals surface area contributed by atoms with Gasteiger partial charge < -0.3 is 11.1 Å². The van der Waals surface area contributed by atoms with Gasteiger partial charge in [-0.2, -0.15) is 0 Å². The smallest absolute Gasteiger partial charge is 0.0408 e. The number of likely N-dealkylation sites (N-methyl/N-ethyl adjacent to an activating group) is 1. The highest BCUT2D eigenvalue weighted by Gasteiger charge is 2.28. The third-order valence-corrected chi connectivity index (χ3v) is 5.44. The average molecular weight is 343 g/mol. The number of nitrogens with one attached hydrogen (secondary N) is 1. The van der Waals surface area contributed by atoms with Crippen molar-refractivity contribution < 1.29 is 0 Å². The van der Waals surface area contributed by atoms with Crippen molar-refractivity contribution in [3.63, 3.8) is 0 Å². The summed E-state index contributed by atoms with van der Waals surface area (Å²) in [4.78, 5) is 0. The molecule has 0 bridgehead atoms. The maximum atomic E-state index is 6.19. The summed E-state index contributed by atoms with van der Waals surface area (Å²) in [6, 6.07) is 15.8. The van der Waals surface area contributed by atoms with Crippen molar-refractivity contribution in [3.05, 3.63) is 69.7 Å². The second-order valence-electron chi connectivity index (χ2n) is 6.80. The van der Waals surface area contributed by atoms with Gasteiger partial charge in [-0.1, -0.05) is 41.9 Å². The van der Waals surface area contributed by atoms with Gasteiger partial charge in [0.2, 0.25) is 0 Å². The van der Waals surface area contributed by atoms with Gasteiger partial charge in [0.15, 0.2) is 0 Å². The first kappa shape index (κ1) is 17.5. The van der Waals surface area contributed by atoms with Gasteiger partial charge in [-0.25, -0.2) is 0 Å². The number of fused-ring (bicyclic) bond motifs is 1. The Balaban J connectivity index is 1.91. The molecule has 2 aromatic carbocycles. The molecule has 3 heteroatoms. The van der Waals surface area contributed by atoms with E-state index in [-0.39, 0.29) is 0 Å². The molecule has 2 atom stereocenters. The molecule has 1 aliphatic carbocycles. The zero-order valence-electron chi connectivity index (χ0n) is 14.4. The van der Waals surface area contributed by atoms with E-state index in [1.54, 1.807) is 0 Å². The first-order chi connectivity index (χ1) is 11.7. The Kier molecular flexibility index (Phi) is 5.94. The quantitative estimate of drug-likeness (QED) is 0.829. The first-order valence-electron chi connectivity index (χ1n) is 8.94. The summed E-state index contributed by atoms with van der Waals surface area (Å²) in [5, 5.41) is 4.36. The molecule has 0 aliphatic heterocycles. The van der Waals surface area contributed by atoms with Crippen molar-refractivity contribution >= 4 is 11.6 Å². The van der Waals surface area contributed by atoms with E-state index >= 15 is 0 Å². The van der Waals surface area contributed by atoms with Crippen LogP contribution in [-0.4, -0.2) is 19.6 Å². The van der Waals surface area contributed by atoms with Crippen LogP contribution in [0.2, 0.25) is 5.02 Å². The second kappa shape index (κ2) is 8.15. The average Bonchev–Trinajstić information content (AvgIpc) is 2.60. The molecule has 2 nitrogen and oxygen atoms in total. The first-order valence-corrected chi connectivity index (χ1v) is 9.32. The molecular formula is C21H27ClN2. The van der Waals surface area contributed by atoms with Crippen molar-refractivity contribution in [2.75, 3.05) is 13.6 Å². The Morgan fingerprint density at radius 3 is 2.79 bits per heavy atom. The minimum absolute atomic E-state index is 0.495. The molecule has 2 unspecified atom stereocenters. The molecule has 0 heterocycles. The summed E-state index contributed by atoms with van der Waals surface area (Å²) in [7, 11) is 2.08. The highest BCUT2D eigenvalue weighted by Crippen LogP contribution is 2.35. The summed E-state index contributed by atoms with van der Waals surface area (Å²) < 4.78 is 0. The van der Waals surface area contributed by atoms with E-state index in [4.69, 9.17) is 17.3 Å². The SMILES string of the molecule is CNC1CCc2ccc(CCCN)cc2C1Cc1cccc(Cl)c1.